The molecule has 0 rings (SSSR count). The highest BCUT2D eigenvalue weighted by molar-refractivity contribution is 7.47. The van der Waals surface area contributed by atoms with E-state index in [0.29, 0.717) is 17.4 Å². The van der Waals surface area contributed by atoms with Gasteiger partial charge in [0.25, 0.3) is 0 Å². The molecule has 0 fully saturated rings. The van der Waals surface area contributed by atoms with E-state index < -0.39 is 26.5 Å². The maximum Gasteiger partial charge on any atom is 0.472 e. The molecular formula is C47H81NO8P+. The van der Waals surface area contributed by atoms with Gasteiger partial charge in [-0.25, -0.2) is 4.57 Å². The van der Waals surface area contributed by atoms with E-state index >= 15 is 0 Å². The van der Waals surface area contributed by atoms with Gasteiger partial charge in [0.05, 0.1) is 27.7 Å². The molecule has 0 aromatic heterocycles. The first-order chi connectivity index (χ1) is 27.5. The van der Waals surface area contributed by atoms with Gasteiger partial charge in [-0.05, 0) is 70.6 Å². The van der Waals surface area contributed by atoms with Gasteiger partial charge in [-0.1, -0.05) is 150 Å². The lowest BCUT2D eigenvalue weighted by Gasteiger charge is -2.24. The van der Waals surface area contributed by atoms with E-state index in [-0.39, 0.29) is 32.0 Å². The second-order valence-corrected chi connectivity index (χ2v) is 16.8. The zero-order chi connectivity index (χ0) is 42.1. The van der Waals surface area contributed by atoms with Crippen LogP contribution in [-0.2, 0) is 32.7 Å². The molecule has 2 atom stereocenters. The monoisotopic (exact) mass is 819 g/mol. The number of hydrogen-bond donors (Lipinski definition) is 1. The Bertz CT molecular complexity index is 1240. The normalized spacial score (nSPS) is 14.4. The Morgan fingerprint density at radius 1 is 0.561 bits per heavy atom. The number of esters is 2. The third-order valence-electron chi connectivity index (χ3n) is 8.69. The van der Waals surface area contributed by atoms with Crippen molar-refractivity contribution in [2.24, 2.45) is 0 Å². The molecule has 0 aliphatic heterocycles. The van der Waals surface area contributed by atoms with Gasteiger partial charge in [0.2, 0.25) is 0 Å². The zero-order valence-corrected chi connectivity index (χ0v) is 37.4. The Kier molecular flexibility index (Phi) is 36.8. The van der Waals surface area contributed by atoms with Crippen LogP contribution in [-0.4, -0.2) is 74.9 Å². The lowest BCUT2D eigenvalue weighted by molar-refractivity contribution is -0.870. The first kappa shape index (κ1) is 54.2. The molecule has 0 amide bonds. The summed E-state index contributed by atoms with van der Waals surface area (Å²) in [6, 6.07) is 0. The molecule has 0 saturated carbocycles. The van der Waals surface area contributed by atoms with E-state index in [1.165, 1.54) is 32.1 Å². The molecule has 57 heavy (non-hydrogen) atoms. The third-order valence-corrected chi connectivity index (χ3v) is 9.67. The summed E-state index contributed by atoms with van der Waals surface area (Å²) in [7, 11) is 1.44. The topological polar surface area (TPSA) is 108 Å². The van der Waals surface area contributed by atoms with Crippen LogP contribution < -0.4 is 0 Å². The molecule has 0 aromatic carbocycles. The highest BCUT2D eigenvalue weighted by Crippen LogP contribution is 2.43. The fourth-order valence-corrected chi connectivity index (χ4v) is 6.03. The summed E-state index contributed by atoms with van der Waals surface area (Å²) in [5, 5.41) is 0. The van der Waals surface area contributed by atoms with Crippen molar-refractivity contribution in [2.75, 3.05) is 47.5 Å². The number of allylic oxidation sites excluding steroid dienone is 14. The Hall–Kier alpha value is -2.81. The van der Waals surface area contributed by atoms with Crippen molar-refractivity contribution in [1.82, 2.24) is 0 Å². The van der Waals surface area contributed by atoms with Crippen LogP contribution >= 0.6 is 7.82 Å². The summed E-state index contributed by atoms with van der Waals surface area (Å²) < 4.78 is 34.1. The number of carbonyl (C=O) groups is 2. The summed E-state index contributed by atoms with van der Waals surface area (Å²) in [6.07, 6.45) is 49.3. The second kappa shape index (κ2) is 38.7. The Labute approximate surface area is 348 Å². The molecule has 9 nitrogen and oxygen atoms in total. The number of rotatable bonds is 38. The standard InChI is InChI=1S/C47H80NO8P/c1-6-8-10-12-14-16-17-18-19-20-21-22-23-24-25-26-27-28-29-30-31-32-34-36-38-40-47(50)56-45(44-55-57(51,52)54-42-41-48(3,4)5)43-53-46(49)39-37-35-33-15-13-11-9-7-2/h8,10,14,16,18-19,21-22,24-25,27-28,30-31,45H,6-7,9,11-13,15,17,20,23,26,29,32-44H2,1-5H3/p+1/b10-8-,16-14-,19-18-,22-21-,25-24-,28-27-,31-30-. The number of quaternary nitrogens is 1. The number of carbonyl (C=O) groups excluding carboxylic acids is 2. The van der Waals surface area contributed by atoms with Crippen molar-refractivity contribution < 1.29 is 42.1 Å². The molecule has 2 unspecified atom stereocenters. The number of nitrogens with zero attached hydrogens (tertiary/aromatic N) is 1. The van der Waals surface area contributed by atoms with Crippen LogP contribution in [0.4, 0.5) is 0 Å². The zero-order valence-electron chi connectivity index (χ0n) is 36.5. The van der Waals surface area contributed by atoms with Crippen LogP contribution in [0.3, 0.4) is 0 Å². The molecule has 0 radical (unpaired) electrons. The average molecular weight is 819 g/mol. The van der Waals surface area contributed by atoms with E-state index in [2.05, 4.69) is 98.9 Å². The van der Waals surface area contributed by atoms with Crippen LogP contribution in [0.25, 0.3) is 0 Å². The maximum absolute atomic E-state index is 12.7. The van der Waals surface area contributed by atoms with E-state index in [0.717, 1.165) is 83.5 Å². The summed E-state index contributed by atoms with van der Waals surface area (Å²) >= 11 is 0. The molecule has 0 aliphatic carbocycles. The predicted octanol–water partition coefficient (Wildman–Crippen LogP) is 12.4. The molecular weight excluding hydrogens is 737 g/mol. The van der Waals surface area contributed by atoms with Crippen LogP contribution in [0.15, 0.2) is 85.1 Å². The quantitative estimate of drug-likeness (QED) is 0.0216. The minimum absolute atomic E-state index is 0.0209. The first-order valence-electron chi connectivity index (χ1n) is 21.8. The minimum atomic E-state index is -4.38. The fourth-order valence-electron chi connectivity index (χ4n) is 5.29. The Morgan fingerprint density at radius 2 is 1.00 bits per heavy atom. The Morgan fingerprint density at radius 3 is 1.49 bits per heavy atom. The van der Waals surface area contributed by atoms with Crippen molar-refractivity contribution in [3.63, 3.8) is 0 Å². The molecule has 0 bridgehead atoms. The third kappa shape index (κ3) is 42.6. The van der Waals surface area contributed by atoms with E-state index in [9.17, 15) is 19.0 Å². The van der Waals surface area contributed by atoms with Gasteiger partial charge in [0.15, 0.2) is 6.10 Å². The Balaban J connectivity index is 4.35. The minimum Gasteiger partial charge on any atom is -0.462 e. The smallest absolute Gasteiger partial charge is 0.462 e. The summed E-state index contributed by atoms with van der Waals surface area (Å²) in [5.74, 6) is -0.850. The van der Waals surface area contributed by atoms with Crippen LogP contribution in [0.2, 0.25) is 0 Å². The lowest BCUT2D eigenvalue weighted by Crippen LogP contribution is -2.37. The second-order valence-electron chi connectivity index (χ2n) is 15.4. The molecule has 0 aliphatic rings. The van der Waals surface area contributed by atoms with Gasteiger partial charge in [0.1, 0.15) is 19.8 Å². The largest absolute Gasteiger partial charge is 0.472 e. The van der Waals surface area contributed by atoms with E-state index in [1.54, 1.807) is 0 Å². The van der Waals surface area contributed by atoms with Crippen LogP contribution in [0, 0.1) is 0 Å². The highest BCUT2D eigenvalue weighted by Gasteiger charge is 2.27. The van der Waals surface area contributed by atoms with Gasteiger partial charge >= 0.3 is 19.8 Å². The van der Waals surface area contributed by atoms with Gasteiger partial charge < -0.3 is 18.9 Å². The summed E-state index contributed by atoms with van der Waals surface area (Å²) in [4.78, 5) is 35.2. The van der Waals surface area contributed by atoms with Gasteiger partial charge in [-0.3, -0.25) is 18.6 Å². The first-order valence-corrected chi connectivity index (χ1v) is 23.3. The average Bonchev–Trinajstić information content (AvgIpc) is 3.16. The highest BCUT2D eigenvalue weighted by atomic mass is 31.2. The SMILES string of the molecule is CC/C=C\C/C=C\C/C=C\C/C=C\C/C=C\C/C=C\C/C=C\CCCCCC(=O)OC(COC(=O)CCCCCCCCCC)COP(=O)(O)OCC[N+](C)(C)C. The predicted molar refractivity (Wildman–Crippen MR) is 238 cm³/mol. The number of hydrogen-bond acceptors (Lipinski definition) is 7. The van der Waals surface area contributed by atoms with Crippen molar-refractivity contribution in [3.05, 3.63) is 85.1 Å². The molecule has 0 saturated heterocycles. The van der Waals surface area contributed by atoms with E-state index in [4.69, 9.17) is 18.5 Å². The number of ether oxygens (including phenoxy) is 2. The molecule has 0 heterocycles. The molecule has 10 heteroatoms. The molecule has 1 N–H and O–H groups in total. The van der Waals surface area contributed by atoms with Crippen LogP contribution in [0.1, 0.15) is 149 Å². The molecule has 326 valence electrons. The summed E-state index contributed by atoms with van der Waals surface area (Å²) in [5.41, 5.74) is 0. The number of likely N-dealkylation sites (N-methyl/N-ethyl adjacent to an activating group) is 1. The van der Waals surface area contributed by atoms with Crippen molar-refractivity contribution >= 4 is 19.8 Å². The van der Waals surface area contributed by atoms with Gasteiger partial charge in [-0.2, -0.15) is 0 Å². The van der Waals surface area contributed by atoms with Crippen molar-refractivity contribution in [1.29, 1.82) is 0 Å². The maximum atomic E-state index is 12.7. The van der Waals surface area contributed by atoms with Gasteiger partial charge in [0, 0.05) is 12.8 Å². The van der Waals surface area contributed by atoms with Crippen molar-refractivity contribution in [2.45, 2.75) is 155 Å². The van der Waals surface area contributed by atoms with Gasteiger partial charge in [-0.15, -0.1) is 0 Å². The molecule has 0 aromatic rings. The summed E-state index contributed by atoms with van der Waals surface area (Å²) in [6.45, 7) is 4.20. The van der Waals surface area contributed by atoms with Crippen molar-refractivity contribution in [3.8, 4) is 0 Å². The number of phosphoric ester groups is 1. The van der Waals surface area contributed by atoms with E-state index in [1.807, 2.05) is 21.1 Å². The fraction of sp³-hybridized carbons (Fsp3) is 0.660. The molecule has 0 spiro atoms. The number of unbranched alkanes of at least 4 members (excludes halogenated alkanes) is 10. The lowest BCUT2D eigenvalue weighted by atomic mass is 10.1. The number of phosphoric acid groups is 1. The van der Waals surface area contributed by atoms with Crippen LogP contribution in [0.5, 0.6) is 0 Å².